The summed E-state index contributed by atoms with van der Waals surface area (Å²) in [6, 6.07) is 19.4. The van der Waals surface area contributed by atoms with Crippen molar-refractivity contribution in [1.29, 1.82) is 0 Å². The summed E-state index contributed by atoms with van der Waals surface area (Å²) in [6.07, 6.45) is 3.63. The Morgan fingerprint density at radius 3 is 2.37 bits per heavy atom. The van der Waals surface area contributed by atoms with E-state index in [0.717, 1.165) is 33.6 Å². The van der Waals surface area contributed by atoms with E-state index in [2.05, 4.69) is 15.6 Å². The highest BCUT2D eigenvalue weighted by molar-refractivity contribution is 5.91. The maximum Gasteiger partial charge on any atom is 0.337 e. The Bertz CT molecular complexity index is 1100. The van der Waals surface area contributed by atoms with E-state index in [-0.39, 0.29) is 5.97 Å². The second-order valence-electron chi connectivity index (χ2n) is 6.07. The Labute approximate surface area is 156 Å². The van der Waals surface area contributed by atoms with Crippen LogP contribution in [0.15, 0.2) is 73.1 Å². The van der Waals surface area contributed by atoms with Crippen molar-refractivity contribution in [1.82, 2.24) is 9.55 Å². The maximum absolute atomic E-state index is 11.7. The van der Waals surface area contributed by atoms with Gasteiger partial charge in [-0.25, -0.2) is 4.79 Å². The van der Waals surface area contributed by atoms with E-state index in [1.807, 2.05) is 48.7 Å². The van der Waals surface area contributed by atoms with Gasteiger partial charge in [-0.2, -0.15) is 0 Å². The monoisotopic (exact) mass is 358 g/mol. The van der Waals surface area contributed by atoms with Crippen LogP contribution in [-0.4, -0.2) is 29.7 Å². The first kappa shape index (κ1) is 16.8. The van der Waals surface area contributed by atoms with Gasteiger partial charge in [0.25, 0.3) is 0 Å². The van der Waals surface area contributed by atoms with Gasteiger partial charge in [0.05, 0.1) is 37.2 Å². The highest BCUT2D eigenvalue weighted by Crippen LogP contribution is 2.32. The number of nitrogens with zero attached hydrogens (tertiary/aromatic N) is 2. The Morgan fingerprint density at radius 1 is 0.963 bits per heavy atom. The number of carbonyl (C=O) groups is 1. The molecule has 0 bridgehead atoms. The first-order chi connectivity index (χ1) is 13.2. The molecule has 2 aromatic carbocycles. The molecule has 0 aliphatic rings. The van der Waals surface area contributed by atoms with Gasteiger partial charge >= 0.3 is 5.97 Å². The molecule has 0 radical (unpaired) electrons. The minimum atomic E-state index is -0.351. The lowest BCUT2D eigenvalue weighted by atomic mass is 10.1. The lowest BCUT2D eigenvalue weighted by Gasteiger charge is -2.12. The normalized spacial score (nSPS) is 10.7. The Morgan fingerprint density at radius 2 is 1.70 bits per heavy atom. The molecule has 0 unspecified atom stereocenters. The summed E-state index contributed by atoms with van der Waals surface area (Å²) in [5.74, 6) is 0.460. The lowest BCUT2D eigenvalue weighted by molar-refractivity contribution is 0.0601. The second-order valence-corrected chi connectivity index (χ2v) is 6.07. The lowest BCUT2D eigenvalue weighted by Crippen LogP contribution is -2.02. The molecule has 2 heterocycles. The average molecular weight is 358 g/mol. The fraction of sp³-hybridized carbons (Fsp3) is 0.0909. The molecule has 0 aliphatic carbocycles. The standard InChI is InChI=1S/C22H18N2O3/c1-26-19-9-5-15(6-10-19)20-13-17-11-12-23-14-21(17)24(20)18-7-3-16(4-8-18)22(25)27-2/h3-14H,1-2H3. The van der Waals surface area contributed by atoms with Crippen molar-refractivity contribution in [2.45, 2.75) is 0 Å². The number of rotatable bonds is 4. The first-order valence-corrected chi connectivity index (χ1v) is 8.50. The van der Waals surface area contributed by atoms with Gasteiger partial charge in [0.1, 0.15) is 5.75 Å². The Hall–Kier alpha value is -3.60. The molecule has 0 atom stereocenters. The summed E-state index contributed by atoms with van der Waals surface area (Å²) in [6.45, 7) is 0. The molecule has 0 N–H and O–H groups in total. The number of esters is 1. The second kappa shape index (κ2) is 6.96. The maximum atomic E-state index is 11.7. The highest BCUT2D eigenvalue weighted by atomic mass is 16.5. The molecule has 5 heteroatoms. The number of methoxy groups -OCH3 is 2. The van der Waals surface area contributed by atoms with Crippen molar-refractivity contribution in [3.05, 3.63) is 78.6 Å². The minimum Gasteiger partial charge on any atom is -0.497 e. The summed E-state index contributed by atoms with van der Waals surface area (Å²) < 4.78 is 12.2. The van der Waals surface area contributed by atoms with E-state index >= 15 is 0 Å². The Kier molecular flexibility index (Phi) is 4.34. The van der Waals surface area contributed by atoms with Crippen molar-refractivity contribution in [3.63, 3.8) is 0 Å². The van der Waals surface area contributed by atoms with Crippen LogP contribution in [0.25, 0.3) is 27.8 Å². The van der Waals surface area contributed by atoms with Gasteiger partial charge in [0.2, 0.25) is 0 Å². The number of hydrogen-bond acceptors (Lipinski definition) is 4. The van der Waals surface area contributed by atoms with Gasteiger partial charge in [-0.3, -0.25) is 4.98 Å². The van der Waals surface area contributed by atoms with Gasteiger partial charge in [-0.1, -0.05) is 0 Å². The molecule has 0 spiro atoms. The number of fused-ring (bicyclic) bond motifs is 1. The molecule has 5 nitrogen and oxygen atoms in total. The van der Waals surface area contributed by atoms with Crippen LogP contribution in [-0.2, 0) is 4.74 Å². The van der Waals surface area contributed by atoms with Crippen LogP contribution in [0.1, 0.15) is 10.4 Å². The predicted octanol–water partition coefficient (Wildman–Crippen LogP) is 4.49. The number of pyridine rings is 1. The van der Waals surface area contributed by atoms with Gasteiger partial charge in [0.15, 0.2) is 0 Å². The first-order valence-electron chi connectivity index (χ1n) is 8.50. The smallest absolute Gasteiger partial charge is 0.337 e. The molecule has 0 saturated heterocycles. The van der Waals surface area contributed by atoms with Crippen LogP contribution >= 0.6 is 0 Å². The van der Waals surface area contributed by atoms with E-state index in [1.165, 1.54) is 7.11 Å². The van der Waals surface area contributed by atoms with E-state index < -0.39 is 0 Å². The summed E-state index contributed by atoms with van der Waals surface area (Å²) in [7, 11) is 3.03. The van der Waals surface area contributed by atoms with E-state index in [9.17, 15) is 4.79 Å². The van der Waals surface area contributed by atoms with Crippen LogP contribution in [0.2, 0.25) is 0 Å². The van der Waals surface area contributed by atoms with E-state index in [4.69, 9.17) is 9.47 Å². The molecule has 27 heavy (non-hydrogen) atoms. The van der Waals surface area contributed by atoms with Crippen molar-refractivity contribution in [2.24, 2.45) is 0 Å². The number of aromatic nitrogens is 2. The van der Waals surface area contributed by atoms with Gasteiger partial charge in [-0.05, 0) is 66.2 Å². The molecule has 0 amide bonds. The topological polar surface area (TPSA) is 53.4 Å². The summed E-state index contributed by atoms with van der Waals surface area (Å²) in [5.41, 5.74) is 4.54. The fourth-order valence-electron chi connectivity index (χ4n) is 3.16. The number of benzene rings is 2. The van der Waals surface area contributed by atoms with Crippen LogP contribution in [0, 0.1) is 0 Å². The molecule has 0 saturated carbocycles. The van der Waals surface area contributed by atoms with Gasteiger partial charge in [-0.15, -0.1) is 0 Å². The van der Waals surface area contributed by atoms with Crippen molar-refractivity contribution < 1.29 is 14.3 Å². The zero-order valence-electron chi connectivity index (χ0n) is 15.0. The van der Waals surface area contributed by atoms with Crippen LogP contribution in [0.4, 0.5) is 0 Å². The quantitative estimate of drug-likeness (QED) is 0.505. The van der Waals surface area contributed by atoms with Crippen molar-refractivity contribution in [3.8, 4) is 22.7 Å². The SMILES string of the molecule is COC(=O)c1ccc(-n2c(-c3ccc(OC)cc3)cc3ccncc32)cc1. The van der Waals surface area contributed by atoms with Crippen molar-refractivity contribution >= 4 is 16.9 Å². The van der Waals surface area contributed by atoms with Gasteiger partial charge in [0, 0.05) is 17.3 Å². The minimum absolute atomic E-state index is 0.351. The number of hydrogen-bond donors (Lipinski definition) is 0. The molecule has 0 fully saturated rings. The third-order valence-corrected chi connectivity index (χ3v) is 4.54. The molecule has 2 aromatic heterocycles. The average Bonchev–Trinajstić information content (AvgIpc) is 3.13. The Balaban J connectivity index is 1.89. The predicted molar refractivity (Wildman–Crippen MR) is 104 cm³/mol. The van der Waals surface area contributed by atoms with Crippen LogP contribution in [0.5, 0.6) is 5.75 Å². The van der Waals surface area contributed by atoms with Crippen LogP contribution < -0.4 is 4.74 Å². The zero-order valence-corrected chi connectivity index (χ0v) is 15.0. The molecule has 134 valence electrons. The summed E-state index contributed by atoms with van der Waals surface area (Å²) >= 11 is 0. The fourth-order valence-corrected chi connectivity index (χ4v) is 3.16. The third-order valence-electron chi connectivity index (χ3n) is 4.54. The summed E-state index contributed by atoms with van der Waals surface area (Å²) in [5, 5.41) is 1.09. The molecule has 4 rings (SSSR count). The summed E-state index contributed by atoms with van der Waals surface area (Å²) in [4.78, 5) is 16.0. The van der Waals surface area contributed by atoms with E-state index in [0.29, 0.717) is 5.56 Å². The molecular formula is C22H18N2O3. The molecular weight excluding hydrogens is 340 g/mol. The number of ether oxygens (including phenoxy) is 2. The van der Waals surface area contributed by atoms with Crippen LogP contribution in [0.3, 0.4) is 0 Å². The largest absolute Gasteiger partial charge is 0.497 e. The third kappa shape index (κ3) is 3.04. The molecule has 0 aliphatic heterocycles. The number of carbonyl (C=O) groups excluding carboxylic acids is 1. The molecule has 4 aromatic rings. The zero-order chi connectivity index (χ0) is 18.8. The van der Waals surface area contributed by atoms with E-state index in [1.54, 1.807) is 25.4 Å². The highest BCUT2D eigenvalue weighted by Gasteiger charge is 2.13. The van der Waals surface area contributed by atoms with Gasteiger partial charge < -0.3 is 14.0 Å². The van der Waals surface area contributed by atoms with Crippen molar-refractivity contribution in [2.75, 3.05) is 14.2 Å².